The molecule has 114 valence electrons. The summed E-state index contributed by atoms with van der Waals surface area (Å²) in [6.07, 6.45) is 3.69. The predicted octanol–water partition coefficient (Wildman–Crippen LogP) is 3.49. The summed E-state index contributed by atoms with van der Waals surface area (Å²) < 4.78 is 23.9. The number of hydrogen-bond acceptors (Lipinski definition) is 3. The van der Waals surface area contributed by atoms with Crippen LogP contribution in [0.4, 0.5) is 0 Å². The molecule has 0 radical (unpaired) electrons. The lowest BCUT2D eigenvalue weighted by atomic mass is 9.94. The fourth-order valence-electron chi connectivity index (χ4n) is 2.23. The highest BCUT2D eigenvalue weighted by atomic mass is 32.2. The first-order chi connectivity index (χ1) is 9.40. The summed E-state index contributed by atoms with van der Waals surface area (Å²) >= 11 is 0. The van der Waals surface area contributed by atoms with Crippen molar-refractivity contribution >= 4 is 9.84 Å². The Labute approximate surface area is 123 Å². The number of nitrogens with two attached hydrogens (primary N) is 1. The minimum Gasteiger partial charge on any atom is -0.328 e. The Morgan fingerprint density at radius 2 is 1.70 bits per heavy atom. The largest absolute Gasteiger partial charge is 0.328 e. The molecule has 0 heterocycles. The van der Waals surface area contributed by atoms with E-state index in [9.17, 15) is 8.42 Å². The van der Waals surface area contributed by atoms with Crippen LogP contribution in [0.3, 0.4) is 0 Å². The van der Waals surface area contributed by atoms with Gasteiger partial charge in [0.25, 0.3) is 0 Å². The maximum atomic E-state index is 12.0. The van der Waals surface area contributed by atoms with Crippen LogP contribution in [-0.2, 0) is 9.84 Å². The Morgan fingerprint density at radius 1 is 1.10 bits per heavy atom. The van der Waals surface area contributed by atoms with E-state index in [1.54, 1.807) is 12.1 Å². The first-order valence-electron chi connectivity index (χ1n) is 7.49. The maximum absolute atomic E-state index is 12.0. The minimum atomic E-state index is -3.10. The van der Waals surface area contributed by atoms with E-state index < -0.39 is 9.84 Å². The average Bonchev–Trinajstić information content (AvgIpc) is 2.44. The van der Waals surface area contributed by atoms with Crippen molar-refractivity contribution < 1.29 is 8.42 Å². The van der Waals surface area contributed by atoms with Crippen molar-refractivity contribution in [3.63, 3.8) is 0 Å². The Bertz CT molecular complexity index is 494. The van der Waals surface area contributed by atoms with E-state index in [1.165, 1.54) is 5.56 Å². The quantitative estimate of drug-likeness (QED) is 0.799. The molecule has 0 fully saturated rings. The van der Waals surface area contributed by atoms with Crippen molar-refractivity contribution in [2.45, 2.75) is 63.3 Å². The molecular weight excluding hydrogens is 270 g/mol. The van der Waals surface area contributed by atoms with E-state index in [1.807, 2.05) is 19.1 Å². The van der Waals surface area contributed by atoms with Gasteiger partial charge in [0.05, 0.1) is 10.6 Å². The lowest BCUT2D eigenvalue weighted by Gasteiger charge is -2.15. The van der Waals surface area contributed by atoms with Crippen LogP contribution in [0, 0.1) is 0 Å². The summed E-state index contributed by atoms with van der Waals surface area (Å²) in [5, 5.41) is 0. The van der Waals surface area contributed by atoms with Crippen LogP contribution in [-0.4, -0.2) is 20.2 Å². The summed E-state index contributed by atoms with van der Waals surface area (Å²) in [5.74, 6) is 0.628. The zero-order valence-corrected chi connectivity index (χ0v) is 13.6. The third-order valence-electron chi connectivity index (χ3n) is 3.78. The summed E-state index contributed by atoms with van der Waals surface area (Å²) in [6.45, 7) is 6.14. The van der Waals surface area contributed by atoms with Crippen LogP contribution in [0.15, 0.2) is 29.2 Å². The molecule has 1 rings (SSSR count). The molecule has 1 aromatic carbocycles. The lowest BCUT2D eigenvalue weighted by molar-refractivity contribution is 0.530. The van der Waals surface area contributed by atoms with Crippen LogP contribution in [0.5, 0.6) is 0 Å². The van der Waals surface area contributed by atoms with E-state index >= 15 is 0 Å². The molecule has 0 aliphatic carbocycles. The summed E-state index contributed by atoms with van der Waals surface area (Å²) in [4.78, 5) is 0.431. The highest BCUT2D eigenvalue weighted by Gasteiger charge is 2.14. The zero-order chi connectivity index (χ0) is 15.2. The van der Waals surface area contributed by atoms with Crippen LogP contribution in [0.1, 0.15) is 57.9 Å². The predicted molar refractivity (Wildman–Crippen MR) is 84.7 cm³/mol. The SMILES string of the molecule is CCCS(=O)(=O)c1ccc(C(C)CCC(N)CC)cc1. The molecule has 4 heteroatoms. The Kier molecular flexibility index (Phi) is 6.69. The topological polar surface area (TPSA) is 60.2 Å². The van der Waals surface area contributed by atoms with Gasteiger partial charge in [-0.25, -0.2) is 8.42 Å². The van der Waals surface area contributed by atoms with Gasteiger partial charge in [-0.15, -0.1) is 0 Å². The standard InChI is InChI=1S/C16H27NO2S/c1-4-12-20(18,19)16-10-7-14(8-11-16)13(3)6-9-15(17)5-2/h7-8,10-11,13,15H,4-6,9,12,17H2,1-3H3. The van der Waals surface area contributed by atoms with Gasteiger partial charge in [-0.05, 0) is 49.3 Å². The molecule has 2 atom stereocenters. The second kappa shape index (κ2) is 7.79. The molecule has 1 aromatic rings. The Hall–Kier alpha value is -0.870. The first kappa shape index (κ1) is 17.2. The minimum absolute atomic E-state index is 0.216. The van der Waals surface area contributed by atoms with Crippen molar-refractivity contribution in [1.82, 2.24) is 0 Å². The number of benzene rings is 1. The average molecular weight is 297 g/mol. The van der Waals surface area contributed by atoms with Crippen molar-refractivity contribution in [3.05, 3.63) is 29.8 Å². The Balaban J connectivity index is 2.71. The van der Waals surface area contributed by atoms with E-state index in [4.69, 9.17) is 5.73 Å². The molecule has 0 aliphatic rings. The molecule has 0 saturated heterocycles. The second-order valence-electron chi connectivity index (χ2n) is 5.53. The number of sulfone groups is 1. The summed E-state index contributed by atoms with van der Waals surface area (Å²) in [6, 6.07) is 7.60. The van der Waals surface area contributed by atoms with Crippen LogP contribution in [0.2, 0.25) is 0 Å². The van der Waals surface area contributed by atoms with Crippen molar-refractivity contribution in [2.24, 2.45) is 5.73 Å². The van der Waals surface area contributed by atoms with Gasteiger partial charge < -0.3 is 5.73 Å². The third kappa shape index (κ3) is 4.91. The normalized spacial score (nSPS) is 15.0. The van der Waals surface area contributed by atoms with Gasteiger partial charge in [0.2, 0.25) is 0 Å². The highest BCUT2D eigenvalue weighted by Crippen LogP contribution is 2.23. The highest BCUT2D eigenvalue weighted by molar-refractivity contribution is 7.91. The van der Waals surface area contributed by atoms with Gasteiger partial charge in [-0.3, -0.25) is 0 Å². The smallest absolute Gasteiger partial charge is 0.178 e. The van der Waals surface area contributed by atoms with Gasteiger partial charge in [-0.1, -0.05) is 32.9 Å². The Morgan fingerprint density at radius 3 is 2.20 bits per heavy atom. The number of rotatable bonds is 8. The molecule has 3 nitrogen and oxygen atoms in total. The maximum Gasteiger partial charge on any atom is 0.178 e. The van der Waals surface area contributed by atoms with Gasteiger partial charge in [-0.2, -0.15) is 0 Å². The van der Waals surface area contributed by atoms with Crippen molar-refractivity contribution in [1.29, 1.82) is 0 Å². The molecule has 0 bridgehead atoms. The summed E-state index contributed by atoms with van der Waals surface area (Å²) in [7, 11) is -3.10. The first-order valence-corrected chi connectivity index (χ1v) is 9.14. The molecule has 20 heavy (non-hydrogen) atoms. The van der Waals surface area contributed by atoms with Gasteiger partial charge >= 0.3 is 0 Å². The number of hydrogen-bond donors (Lipinski definition) is 1. The van der Waals surface area contributed by atoms with Crippen molar-refractivity contribution in [2.75, 3.05) is 5.75 Å². The second-order valence-corrected chi connectivity index (χ2v) is 7.64. The molecule has 2 unspecified atom stereocenters. The van der Waals surface area contributed by atoms with Gasteiger partial charge in [0.1, 0.15) is 0 Å². The monoisotopic (exact) mass is 297 g/mol. The zero-order valence-electron chi connectivity index (χ0n) is 12.8. The van der Waals surface area contributed by atoms with Crippen molar-refractivity contribution in [3.8, 4) is 0 Å². The molecule has 0 aliphatic heterocycles. The van der Waals surface area contributed by atoms with Gasteiger partial charge in [0, 0.05) is 6.04 Å². The fraction of sp³-hybridized carbons (Fsp3) is 0.625. The molecule has 0 spiro atoms. The van der Waals surface area contributed by atoms with E-state index in [0.29, 0.717) is 17.2 Å². The van der Waals surface area contributed by atoms with Crippen LogP contribution in [0.25, 0.3) is 0 Å². The molecule has 0 amide bonds. The molecular formula is C16H27NO2S. The summed E-state index contributed by atoms with van der Waals surface area (Å²) in [5.41, 5.74) is 7.12. The van der Waals surface area contributed by atoms with Crippen LogP contribution >= 0.6 is 0 Å². The fourth-order valence-corrected chi connectivity index (χ4v) is 3.55. The van der Waals surface area contributed by atoms with E-state index in [2.05, 4.69) is 13.8 Å². The molecule has 0 aromatic heterocycles. The third-order valence-corrected chi connectivity index (χ3v) is 5.71. The molecule has 0 saturated carbocycles. The van der Waals surface area contributed by atoms with E-state index in [0.717, 1.165) is 19.3 Å². The van der Waals surface area contributed by atoms with Gasteiger partial charge in [0.15, 0.2) is 9.84 Å². The van der Waals surface area contributed by atoms with E-state index in [-0.39, 0.29) is 11.8 Å². The van der Waals surface area contributed by atoms with Crippen LogP contribution < -0.4 is 5.73 Å². The molecule has 2 N–H and O–H groups in total. The lowest BCUT2D eigenvalue weighted by Crippen LogP contribution is -2.18.